The number of anilines is 1. The summed E-state index contributed by atoms with van der Waals surface area (Å²) in [6.07, 6.45) is 4.19. The molecule has 0 spiro atoms. The number of amides is 1. The minimum absolute atomic E-state index is 0. The average Bonchev–Trinajstić information content (AvgIpc) is 2.56. The van der Waals surface area contributed by atoms with Gasteiger partial charge in [0.25, 0.3) is 5.91 Å². The molecule has 0 unspecified atom stereocenters. The topological polar surface area (TPSA) is 48.5 Å². The van der Waals surface area contributed by atoms with Gasteiger partial charge in [-0.3, -0.25) is 4.79 Å². The molecule has 0 aromatic carbocycles. The predicted octanol–water partition coefficient (Wildman–Crippen LogP) is 2.60. The van der Waals surface area contributed by atoms with Crippen molar-refractivity contribution < 1.29 is 4.79 Å². The van der Waals surface area contributed by atoms with Crippen molar-refractivity contribution in [1.82, 2.24) is 15.2 Å². The van der Waals surface area contributed by atoms with Gasteiger partial charge < -0.3 is 15.1 Å². The summed E-state index contributed by atoms with van der Waals surface area (Å²) in [5, 5.41) is 3.31. The average molecular weight is 375 g/mol. The van der Waals surface area contributed by atoms with Crippen LogP contribution in [0.2, 0.25) is 0 Å². The lowest BCUT2D eigenvalue weighted by molar-refractivity contribution is 0.0655. The van der Waals surface area contributed by atoms with Crippen molar-refractivity contribution in [2.45, 2.75) is 32.7 Å². The number of rotatable bonds is 2. The Labute approximate surface area is 157 Å². The first kappa shape index (κ1) is 21.0. The molecule has 2 aliphatic heterocycles. The number of pyridine rings is 1. The molecule has 24 heavy (non-hydrogen) atoms. The molecule has 0 saturated carbocycles. The van der Waals surface area contributed by atoms with Gasteiger partial charge in [0.15, 0.2) is 0 Å². The van der Waals surface area contributed by atoms with E-state index in [0.717, 1.165) is 44.5 Å². The van der Waals surface area contributed by atoms with Gasteiger partial charge in [-0.15, -0.1) is 24.8 Å². The van der Waals surface area contributed by atoms with Crippen molar-refractivity contribution >= 4 is 36.5 Å². The number of hydrogen-bond donors (Lipinski definition) is 1. The van der Waals surface area contributed by atoms with E-state index in [0.29, 0.717) is 5.56 Å². The largest absolute Gasteiger partial charge is 0.357 e. The number of piperidine rings is 1. The quantitative estimate of drug-likeness (QED) is 0.863. The fourth-order valence-corrected chi connectivity index (χ4v) is 3.25. The molecular formula is C17H28Cl2N4O. The molecule has 5 nitrogen and oxygen atoms in total. The van der Waals surface area contributed by atoms with E-state index in [1.54, 1.807) is 6.20 Å². The van der Waals surface area contributed by atoms with Gasteiger partial charge >= 0.3 is 0 Å². The van der Waals surface area contributed by atoms with Crippen LogP contribution in [-0.4, -0.2) is 54.6 Å². The third kappa shape index (κ3) is 4.74. The fourth-order valence-electron chi connectivity index (χ4n) is 3.25. The minimum Gasteiger partial charge on any atom is -0.357 e. The molecule has 136 valence electrons. The van der Waals surface area contributed by atoms with Gasteiger partial charge in [-0.1, -0.05) is 6.92 Å². The molecule has 1 atom stereocenters. The fraction of sp³-hybridized carbons (Fsp3) is 0.647. The molecule has 2 fully saturated rings. The summed E-state index contributed by atoms with van der Waals surface area (Å²) in [6.45, 7) is 9.02. The lowest BCUT2D eigenvalue weighted by Gasteiger charge is -2.34. The molecular weight excluding hydrogens is 347 g/mol. The Morgan fingerprint density at radius 2 is 1.88 bits per heavy atom. The number of piperazine rings is 1. The molecule has 0 aliphatic carbocycles. The Kier molecular flexibility index (Phi) is 8.27. The van der Waals surface area contributed by atoms with Crippen molar-refractivity contribution in [2.24, 2.45) is 5.92 Å². The Balaban J connectivity index is 0.00000144. The second-order valence-corrected chi connectivity index (χ2v) is 6.63. The number of aromatic nitrogens is 1. The van der Waals surface area contributed by atoms with Gasteiger partial charge in [0.05, 0.1) is 5.56 Å². The van der Waals surface area contributed by atoms with Crippen LogP contribution < -0.4 is 10.2 Å². The summed E-state index contributed by atoms with van der Waals surface area (Å²) in [7, 11) is 0. The molecule has 0 bridgehead atoms. The molecule has 3 heterocycles. The van der Waals surface area contributed by atoms with Crippen LogP contribution in [0.15, 0.2) is 18.3 Å². The second-order valence-electron chi connectivity index (χ2n) is 6.63. The minimum atomic E-state index is 0. The lowest BCUT2D eigenvalue weighted by atomic mass is 9.99. The number of nitrogens with zero attached hydrogens (tertiary/aromatic N) is 3. The molecule has 1 N–H and O–H groups in total. The Morgan fingerprint density at radius 1 is 1.17 bits per heavy atom. The van der Waals surface area contributed by atoms with Crippen LogP contribution in [0.4, 0.5) is 5.82 Å². The highest BCUT2D eigenvalue weighted by Gasteiger charge is 2.24. The third-order valence-electron chi connectivity index (χ3n) is 4.86. The van der Waals surface area contributed by atoms with Crippen molar-refractivity contribution in [1.29, 1.82) is 0 Å². The molecule has 7 heteroatoms. The molecule has 3 rings (SSSR count). The van der Waals surface area contributed by atoms with Crippen molar-refractivity contribution in [3.05, 3.63) is 23.9 Å². The van der Waals surface area contributed by atoms with Crippen LogP contribution in [0.3, 0.4) is 0 Å². The van der Waals surface area contributed by atoms with Crippen molar-refractivity contribution in [2.75, 3.05) is 37.6 Å². The van der Waals surface area contributed by atoms with E-state index in [4.69, 9.17) is 0 Å². The van der Waals surface area contributed by atoms with Crippen molar-refractivity contribution in [3.8, 4) is 0 Å². The first-order chi connectivity index (χ1) is 10.6. The zero-order valence-electron chi connectivity index (χ0n) is 14.4. The maximum absolute atomic E-state index is 12.6. The van der Waals surface area contributed by atoms with E-state index < -0.39 is 0 Å². The summed E-state index contributed by atoms with van der Waals surface area (Å²) in [6, 6.07) is 4.16. The number of carbonyl (C=O) groups is 1. The Hall–Kier alpha value is -1.04. The summed E-state index contributed by atoms with van der Waals surface area (Å²) >= 11 is 0. The number of hydrogen-bond acceptors (Lipinski definition) is 4. The van der Waals surface area contributed by atoms with E-state index in [2.05, 4.69) is 29.0 Å². The summed E-state index contributed by atoms with van der Waals surface area (Å²) in [4.78, 5) is 21.4. The van der Waals surface area contributed by atoms with Crippen LogP contribution in [0.1, 0.15) is 37.0 Å². The standard InChI is InChI=1S/C17H26N4O.2ClH/c1-13-5-8-20(9-6-13)16-4-3-15(12-19-16)17(22)21-10-7-18-11-14(21)2;;/h3-4,12-14,18H,5-11H2,1-2H3;2*1H/t14-;;/m0../s1. The van der Waals surface area contributed by atoms with E-state index in [9.17, 15) is 4.79 Å². The van der Waals surface area contributed by atoms with Gasteiger partial charge in [0.1, 0.15) is 5.82 Å². The Morgan fingerprint density at radius 3 is 2.46 bits per heavy atom. The molecule has 0 radical (unpaired) electrons. The number of carbonyl (C=O) groups excluding carboxylic acids is 1. The van der Waals surface area contributed by atoms with Crippen LogP contribution >= 0.6 is 24.8 Å². The summed E-state index contributed by atoms with van der Waals surface area (Å²) in [5.41, 5.74) is 0.697. The van der Waals surface area contributed by atoms with E-state index in [1.165, 1.54) is 12.8 Å². The van der Waals surface area contributed by atoms with Gasteiger partial charge in [-0.2, -0.15) is 0 Å². The lowest BCUT2D eigenvalue weighted by Crippen LogP contribution is -2.52. The number of nitrogens with one attached hydrogen (secondary N) is 1. The zero-order valence-corrected chi connectivity index (χ0v) is 16.0. The van der Waals surface area contributed by atoms with E-state index in [1.807, 2.05) is 17.0 Å². The summed E-state index contributed by atoms with van der Waals surface area (Å²) in [5.74, 6) is 1.91. The normalized spacial score (nSPS) is 21.7. The van der Waals surface area contributed by atoms with Crippen LogP contribution in [0.25, 0.3) is 0 Å². The van der Waals surface area contributed by atoms with Crippen LogP contribution in [0, 0.1) is 5.92 Å². The third-order valence-corrected chi connectivity index (χ3v) is 4.86. The molecule has 2 aliphatic rings. The highest BCUT2D eigenvalue weighted by molar-refractivity contribution is 5.94. The first-order valence-corrected chi connectivity index (χ1v) is 8.38. The second kappa shape index (κ2) is 9.44. The van der Waals surface area contributed by atoms with E-state index in [-0.39, 0.29) is 36.8 Å². The highest BCUT2D eigenvalue weighted by Crippen LogP contribution is 2.21. The van der Waals surface area contributed by atoms with Crippen LogP contribution in [0.5, 0.6) is 0 Å². The zero-order chi connectivity index (χ0) is 15.5. The smallest absolute Gasteiger partial charge is 0.255 e. The van der Waals surface area contributed by atoms with Gasteiger partial charge in [0.2, 0.25) is 0 Å². The van der Waals surface area contributed by atoms with Gasteiger partial charge in [-0.25, -0.2) is 4.98 Å². The van der Waals surface area contributed by atoms with Crippen LogP contribution in [-0.2, 0) is 0 Å². The SMILES string of the molecule is CC1CCN(c2ccc(C(=O)N3CCNC[C@@H]3C)cn2)CC1.Cl.Cl. The maximum Gasteiger partial charge on any atom is 0.255 e. The van der Waals surface area contributed by atoms with Crippen molar-refractivity contribution in [3.63, 3.8) is 0 Å². The molecule has 1 aromatic rings. The Bertz CT molecular complexity index is 518. The molecule has 2 saturated heterocycles. The highest BCUT2D eigenvalue weighted by atomic mass is 35.5. The molecule has 1 aromatic heterocycles. The van der Waals surface area contributed by atoms with Gasteiger partial charge in [-0.05, 0) is 37.8 Å². The number of halogens is 2. The monoisotopic (exact) mass is 374 g/mol. The summed E-state index contributed by atoms with van der Waals surface area (Å²) < 4.78 is 0. The maximum atomic E-state index is 12.6. The predicted molar refractivity (Wildman–Crippen MR) is 103 cm³/mol. The van der Waals surface area contributed by atoms with E-state index >= 15 is 0 Å². The van der Waals surface area contributed by atoms with Gasteiger partial charge in [0, 0.05) is 45.0 Å². The molecule has 1 amide bonds. The first-order valence-electron chi connectivity index (χ1n) is 8.38.